The van der Waals surface area contributed by atoms with Crippen molar-refractivity contribution < 1.29 is 4.74 Å². The molecule has 0 bridgehead atoms. The van der Waals surface area contributed by atoms with Crippen LogP contribution in [0.4, 0.5) is 0 Å². The van der Waals surface area contributed by atoms with Crippen molar-refractivity contribution in [2.75, 3.05) is 6.54 Å². The quantitative estimate of drug-likeness (QED) is 0.840. The number of benzene rings is 1. The second-order valence-corrected chi connectivity index (χ2v) is 7.17. The second kappa shape index (κ2) is 6.62. The van der Waals surface area contributed by atoms with Crippen molar-refractivity contribution in [3.05, 3.63) is 29.8 Å². The lowest BCUT2D eigenvalue weighted by Gasteiger charge is -2.35. The average Bonchev–Trinajstić information content (AvgIpc) is 2.34. The summed E-state index contributed by atoms with van der Waals surface area (Å²) in [4.78, 5) is 0. The molecule has 0 amide bonds. The van der Waals surface area contributed by atoms with E-state index in [4.69, 9.17) is 4.74 Å². The fourth-order valence-corrected chi connectivity index (χ4v) is 2.60. The molecule has 112 valence electrons. The summed E-state index contributed by atoms with van der Waals surface area (Å²) in [5, 5.41) is 3.47. The number of ether oxygens (including phenoxy) is 1. The van der Waals surface area contributed by atoms with E-state index in [1.165, 1.54) is 12.0 Å². The van der Waals surface area contributed by atoms with Gasteiger partial charge in [0.2, 0.25) is 0 Å². The van der Waals surface area contributed by atoms with E-state index in [0.29, 0.717) is 17.6 Å². The largest absolute Gasteiger partial charge is 0.490 e. The molecule has 1 saturated carbocycles. The Morgan fingerprint density at radius 1 is 1.25 bits per heavy atom. The van der Waals surface area contributed by atoms with E-state index in [9.17, 15) is 0 Å². The van der Waals surface area contributed by atoms with Gasteiger partial charge in [0.15, 0.2) is 0 Å². The fourth-order valence-electron chi connectivity index (χ4n) is 2.60. The lowest BCUT2D eigenvalue weighted by atomic mass is 9.88. The molecule has 20 heavy (non-hydrogen) atoms. The maximum absolute atomic E-state index is 6.06. The Morgan fingerprint density at radius 2 is 2.00 bits per heavy atom. The summed E-state index contributed by atoms with van der Waals surface area (Å²) in [5.41, 5.74) is 1.78. The smallest absolute Gasteiger partial charge is 0.119 e. The third-order valence-electron chi connectivity index (χ3n) is 3.95. The standard InChI is InChI=1S/C18H29NO/c1-5-19-15-12-17(13-15)20-16-8-6-7-14(11-16)9-10-18(2,3)4/h6-8,11,15,17,19H,5,9-10,12-13H2,1-4H3. The summed E-state index contributed by atoms with van der Waals surface area (Å²) in [7, 11) is 0. The van der Waals surface area contributed by atoms with E-state index >= 15 is 0 Å². The molecule has 2 nitrogen and oxygen atoms in total. The predicted molar refractivity (Wildman–Crippen MR) is 85.3 cm³/mol. The normalized spacial score (nSPS) is 22.4. The lowest BCUT2D eigenvalue weighted by molar-refractivity contribution is 0.0859. The molecule has 1 aliphatic carbocycles. The molecule has 1 N–H and O–H groups in total. The molecule has 0 aliphatic heterocycles. The average molecular weight is 275 g/mol. The van der Waals surface area contributed by atoms with Crippen LogP contribution in [0.15, 0.2) is 24.3 Å². The molecule has 0 spiro atoms. The molecular weight excluding hydrogens is 246 g/mol. The molecule has 2 rings (SSSR count). The number of hydrogen-bond donors (Lipinski definition) is 1. The number of rotatable bonds is 6. The van der Waals surface area contributed by atoms with Crippen LogP contribution >= 0.6 is 0 Å². The topological polar surface area (TPSA) is 21.3 Å². The van der Waals surface area contributed by atoms with Gasteiger partial charge in [0.05, 0.1) is 0 Å². The van der Waals surface area contributed by atoms with Gasteiger partial charge >= 0.3 is 0 Å². The minimum absolute atomic E-state index is 0.393. The number of nitrogens with one attached hydrogen (secondary N) is 1. The summed E-state index contributed by atoms with van der Waals surface area (Å²) >= 11 is 0. The summed E-state index contributed by atoms with van der Waals surface area (Å²) in [6.07, 6.45) is 5.02. The minimum atomic E-state index is 0.393. The first-order valence-corrected chi connectivity index (χ1v) is 7.95. The van der Waals surface area contributed by atoms with Crippen molar-refractivity contribution in [2.45, 2.75) is 65.5 Å². The van der Waals surface area contributed by atoms with Gasteiger partial charge in [0.25, 0.3) is 0 Å². The molecule has 0 saturated heterocycles. The molecule has 2 heteroatoms. The first-order valence-electron chi connectivity index (χ1n) is 7.95. The van der Waals surface area contributed by atoms with Crippen molar-refractivity contribution in [3.63, 3.8) is 0 Å². The maximum atomic E-state index is 6.06. The molecule has 0 heterocycles. The minimum Gasteiger partial charge on any atom is -0.490 e. The molecular formula is C18H29NO. The highest BCUT2D eigenvalue weighted by molar-refractivity contribution is 5.29. The highest BCUT2D eigenvalue weighted by atomic mass is 16.5. The molecule has 0 unspecified atom stereocenters. The number of aryl methyl sites for hydroxylation is 1. The zero-order valence-corrected chi connectivity index (χ0v) is 13.4. The predicted octanol–water partition coefficient (Wildman–Crippen LogP) is 4.18. The summed E-state index contributed by atoms with van der Waals surface area (Å²) in [5.74, 6) is 1.04. The Kier molecular flexibility index (Phi) is 5.09. The van der Waals surface area contributed by atoms with Gasteiger partial charge in [-0.3, -0.25) is 0 Å². The van der Waals surface area contributed by atoms with Crippen LogP contribution in [0.5, 0.6) is 5.75 Å². The molecule has 1 aromatic carbocycles. The Morgan fingerprint density at radius 3 is 2.65 bits per heavy atom. The highest BCUT2D eigenvalue weighted by Crippen LogP contribution is 2.27. The van der Waals surface area contributed by atoms with Crippen molar-refractivity contribution in [1.82, 2.24) is 5.32 Å². The van der Waals surface area contributed by atoms with Crippen LogP contribution in [-0.4, -0.2) is 18.7 Å². The van der Waals surface area contributed by atoms with Crippen molar-refractivity contribution in [3.8, 4) is 5.75 Å². The van der Waals surface area contributed by atoms with Crippen molar-refractivity contribution >= 4 is 0 Å². The van der Waals surface area contributed by atoms with Gasteiger partial charge in [-0.05, 0) is 55.3 Å². The summed E-state index contributed by atoms with van der Waals surface area (Å²) < 4.78 is 6.06. The van der Waals surface area contributed by atoms with Gasteiger partial charge < -0.3 is 10.1 Å². The van der Waals surface area contributed by atoms with Crippen LogP contribution < -0.4 is 10.1 Å². The third kappa shape index (κ3) is 4.82. The van der Waals surface area contributed by atoms with Crippen LogP contribution in [0.2, 0.25) is 0 Å². The molecule has 1 aliphatic rings. The first-order chi connectivity index (χ1) is 9.46. The van der Waals surface area contributed by atoms with Crippen molar-refractivity contribution in [2.24, 2.45) is 5.41 Å². The van der Waals surface area contributed by atoms with Gasteiger partial charge in [-0.15, -0.1) is 0 Å². The molecule has 1 fully saturated rings. The SMILES string of the molecule is CCNC1CC(Oc2cccc(CCC(C)(C)C)c2)C1. The highest BCUT2D eigenvalue weighted by Gasteiger charge is 2.29. The lowest BCUT2D eigenvalue weighted by Crippen LogP contribution is -2.46. The Labute approximate surface area is 123 Å². The van der Waals surface area contributed by atoms with E-state index in [1.807, 2.05) is 0 Å². The van der Waals surface area contributed by atoms with E-state index in [1.54, 1.807) is 0 Å². The van der Waals surface area contributed by atoms with E-state index in [2.05, 4.69) is 57.3 Å². The van der Waals surface area contributed by atoms with Crippen LogP contribution in [-0.2, 0) is 6.42 Å². The van der Waals surface area contributed by atoms with E-state index in [0.717, 1.165) is 31.6 Å². The molecule has 1 aromatic rings. The van der Waals surface area contributed by atoms with E-state index in [-0.39, 0.29) is 0 Å². The summed E-state index contributed by atoms with van der Waals surface area (Å²) in [6.45, 7) is 10.1. The van der Waals surface area contributed by atoms with Crippen LogP contribution in [0.25, 0.3) is 0 Å². The van der Waals surface area contributed by atoms with Crippen molar-refractivity contribution in [1.29, 1.82) is 0 Å². The maximum Gasteiger partial charge on any atom is 0.119 e. The fraction of sp³-hybridized carbons (Fsp3) is 0.667. The third-order valence-corrected chi connectivity index (χ3v) is 3.95. The molecule has 0 atom stereocenters. The van der Waals surface area contributed by atoms with Crippen LogP contribution in [0, 0.1) is 5.41 Å². The van der Waals surface area contributed by atoms with Gasteiger partial charge in [0, 0.05) is 6.04 Å². The summed E-state index contributed by atoms with van der Waals surface area (Å²) in [6, 6.07) is 9.29. The van der Waals surface area contributed by atoms with Crippen LogP contribution in [0.1, 0.15) is 52.5 Å². The molecule has 0 aromatic heterocycles. The number of hydrogen-bond acceptors (Lipinski definition) is 2. The van der Waals surface area contributed by atoms with Gasteiger partial charge in [0.1, 0.15) is 11.9 Å². The zero-order chi connectivity index (χ0) is 14.6. The zero-order valence-electron chi connectivity index (χ0n) is 13.4. The second-order valence-electron chi connectivity index (χ2n) is 7.17. The Hall–Kier alpha value is -1.02. The Bertz CT molecular complexity index is 416. The van der Waals surface area contributed by atoms with Crippen LogP contribution in [0.3, 0.4) is 0 Å². The van der Waals surface area contributed by atoms with Gasteiger partial charge in [-0.25, -0.2) is 0 Å². The van der Waals surface area contributed by atoms with E-state index < -0.39 is 0 Å². The van der Waals surface area contributed by atoms with Gasteiger partial charge in [-0.2, -0.15) is 0 Å². The molecule has 0 radical (unpaired) electrons. The monoisotopic (exact) mass is 275 g/mol. The van der Waals surface area contributed by atoms with Gasteiger partial charge in [-0.1, -0.05) is 39.8 Å². The first kappa shape index (κ1) is 15.4. The Balaban J connectivity index is 1.81.